The van der Waals surface area contributed by atoms with E-state index in [1.54, 1.807) is 29.2 Å². The summed E-state index contributed by atoms with van der Waals surface area (Å²) in [7, 11) is 0. The number of carbonyl (C=O) groups excluding carboxylic acids is 1. The molecule has 33 heavy (non-hydrogen) atoms. The van der Waals surface area contributed by atoms with E-state index in [9.17, 15) is 19.4 Å². The van der Waals surface area contributed by atoms with Crippen LogP contribution in [0.3, 0.4) is 0 Å². The summed E-state index contributed by atoms with van der Waals surface area (Å²) in [6.45, 7) is 1.82. The number of carbonyl (C=O) groups is 2. The first-order chi connectivity index (χ1) is 15.7. The van der Waals surface area contributed by atoms with Crippen LogP contribution >= 0.6 is 0 Å². The number of aliphatic carboxylic acids is 1. The first-order valence-corrected chi connectivity index (χ1v) is 10.5. The molecular weight excluding hydrogens is 433 g/mol. The molecule has 0 unspecified atom stereocenters. The third-order valence-corrected chi connectivity index (χ3v) is 5.31. The molecule has 0 saturated carbocycles. The van der Waals surface area contributed by atoms with Crippen LogP contribution in [0.2, 0.25) is 0 Å². The third-order valence-electron chi connectivity index (χ3n) is 5.31. The highest BCUT2D eigenvalue weighted by molar-refractivity contribution is 5.95. The van der Waals surface area contributed by atoms with E-state index in [1.165, 1.54) is 18.3 Å². The largest absolute Gasteiger partial charge is 0.490 e. The molecule has 1 aliphatic rings. The van der Waals surface area contributed by atoms with Gasteiger partial charge in [-0.25, -0.2) is 9.37 Å². The number of likely N-dealkylation sites (tertiary alicyclic amines) is 1. The summed E-state index contributed by atoms with van der Waals surface area (Å²) < 4.78 is 18.8. The van der Waals surface area contributed by atoms with Crippen LogP contribution in [0.25, 0.3) is 0 Å². The van der Waals surface area contributed by atoms with Crippen molar-refractivity contribution in [1.82, 2.24) is 9.88 Å². The Kier molecular flexibility index (Phi) is 9.71. The lowest BCUT2D eigenvalue weighted by molar-refractivity contribution is -0.134. The monoisotopic (exact) mass is 463 g/mol. The minimum Gasteiger partial charge on any atom is -0.490 e. The molecular formula is C23H30FN3O6. The van der Waals surface area contributed by atoms with Crippen LogP contribution in [0, 0.1) is 11.2 Å². The predicted octanol–water partition coefficient (Wildman–Crippen LogP) is 1.08. The van der Waals surface area contributed by atoms with Gasteiger partial charge in [0.2, 0.25) is 0 Å². The van der Waals surface area contributed by atoms with Crippen LogP contribution in [0.1, 0.15) is 29.4 Å². The van der Waals surface area contributed by atoms with E-state index in [4.69, 9.17) is 20.4 Å². The molecule has 2 heterocycles. The molecule has 9 nitrogen and oxygen atoms in total. The van der Waals surface area contributed by atoms with Crippen LogP contribution in [0.5, 0.6) is 5.75 Å². The van der Waals surface area contributed by atoms with E-state index in [0.717, 1.165) is 12.5 Å². The highest BCUT2D eigenvalue weighted by Crippen LogP contribution is 2.35. The number of aromatic nitrogens is 1. The van der Waals surface area contributed by atoms with Gasteiger partial charge in [0.1, 0.15) is 12.4 Å². The number of aliphatic hydroxyl groups is 2. The van der Waals surface area contributed by atoms with Gasteiger partial charge in [0, 0.05) is 38.2 Å². The number of aliphatic hydroxyl groups excluding tert-OH is 2. The SMILES string of the molecule is CC(=O)O.NCCOc1cccnc1C(=O)N1CC[C@H](O)[C@@](CO)(Cc2ccc(F)cc2)C1. The van der Waals surface area contributed by atoms with E-state index in [2.05, 4.69) is 4.98 Å². The Morgan fingerprint density at radius 3 is 2.58 bits per heavy atom. The van der Waals surface area contributed by atoms with E-state index >= 15 is 0 Å². The summed E-state index contributed by atoms with van der Waals surface area (Å²) in [5.41, 5.74) is 5.48. The molecule has 2 aromatic rings. The molecule has 0 aliphatic carbocycles. The van der Waals surface area contributed by atoms with Gasteiger partial charge in [0.05, 0.1) is 12.7 Å². The van der Waals surface area contributed by atoms with Gasteiger partial charge in [0.15, 0.2) is 11.4 Å². The van der Waals surface area contributed by atoms with Gasteiger partial charge in [-0.15, -0.1) is 0 Å². The number of hydrogen-bond donors (Lipinski definition) is 4. The maximum atomic E-state index is 13.2. The number of nitrogens with two attached hydrogens (primary N) is 1. The van der Waals surface area contributed by atoms with Crippen molar-refractivity contribution in [3.63, 3.8) is 0 Å². The zero-order valence-electron chi connectivity index (χ0n) is 18.5. The molecule has 2 atom stereocenters. The standard InChI is InChI=1S/C21H26FN3O4.C2H4O2/c22-16-5-3-15(4-6-16)12-21(14-26)13-25(10-7-18(21)27)20(28)19-17(29-11-8-23)2-1-9-24-19;1-2(3)4/h1-6,9,18,26-27H,7-8,10-14,23H2;1H3,(H,3,4)/t18-,21-;/m0./s1. The molecule has 1 fully saturated rings. The summed E-state index contributed by atoms with van der Waals surface area (Å²) >= 11 is 0. The van der Waals surface area contributed by atoms with E-state index in [-0.39, 0.29) is 37.2 Å². The first-order valence-electron chi connectivity index (χ1n) is 10.5. The fourth-order valence-corrected chi connectivity index (χ4v) is 3.70. The zero-order chi connectivity index (χ0) is 24.4. The van der Waals surface area contributed by atoms with E-state index in [1.807, 2.05) is 0 Å². The second-order valence-corrected chi connectivity index (χ2v) is 7.86. The maximum absolute atomic E-state index is 13.2. The number of piperidine rings is 1. The lowest BCUT2D eigenvalue weighted by Gasteiger charge is -2.45. The number of carboxylic acid groups (broad SMARTS) is 1. The molecule has 0 radical (unpaired) electrons. The number of carboxylic acids is 1. The molecule has 10 heteroatoms. The van der Waals surface area contributed by atoms with Crippen LogP contribution in [-0.4, -0.2) is 76.0 Å². The Bertz CT molecular complexity index is 923. The summed E-state index contributed by atoms with van der Waals surface area (Å²) in [6.07, 6.45) is 1.35. The fourth-order valence-electron chi connectivity index (χ4n) is 3.70. The van der Waals surface area contributed by atoms with Gasteiger partial charge in [-0.3, -0.25) is 9.59 Å². The van der Waals surface area contributed by atoms with Gasteiger partial charge in [0.25, 0.3) is 11.9 Å². The van der Waals surface area contributed by atoms with Crippen molar-refractivity contribution in [2.24, 2.45) is 11.1 Å². The summed E-state index contributed by atoms with van der Waals surface area (Å²) in [5, 5.41) is 28.2. The molecule has 1 aromatic carbocycles. The van der Waals surface area contributed by atoms with Crippen LogP contribution in [0.15, 0.2) is 42.6 Å². The van der Waals surface area contributed by atoms with Crippen molar-refractivity contribution in [3.8, 4) is 5.75 Å². The van der Waals surface area contributed by atoms with Crippen molar-refractivity contribution in [1.29, 1.82) is 0 Å². The number of rotatable bonds is 7. The fraction of sp³-hybridized carbons (Fsp3) is 0.435. The Labute approximate surface area is 191 Å². The number of nitrogens with zero attached hydrogens (tertiary/aromatic N) is 2. The third kappa shape index (κ3) is 7.21. The summed E-state index contributed by atoms with van der Waals surface area (Å²) in [5.74, 6) is -1.17. The molecule has 180 valence electrons. The first kappa shape index (κ1) is 26.2. The Hall–Kier alpha value is -3.08. The minimum atomic E-state index is -0.946. The number of amides is 1. The number of hydrogen-bond acceptors (Lipinski definition) is 7. The quantitative estimate of drug-likeness (QED) is 0.477. The van der Waals surface area contributed by atoms with Gasteiger partial charge < -0.3 is 30.7 Å². The summed E-state index contributed by atoms with van der Waals surface area (Å²) in [6, 6.07) is 9.26. The maximum Gasteiger partial charge on any atom is 0.300 e. The van der Waals surface area contributed by atoms with Crippen molar-refractivity contribution >= 4 is 11.9 Å². The number of pyridine rings is 1. The minimum absolute atomic E-state index is 0.147. The second-order valence-electron chi connectivity index (χ2n) is 7.86. The molecule has 1 aromatic heterocycles. The molecule has 1 amide bonds. The van der Waals surface area contributed by atoms with Gasteiger partial charge in [-0.05, 0) is 42.7 Å². The Morgan fingerprint density at radius 2 is 1.97 bits per heavy atom. The van der Waals surface area contributed by atoms with Gasteiger partial charge in [-0.2, -0.15) is 0 Å². The number of ether oxygens (including phenoxy) is 1. The second kappa shape index (κ2) is 12.2. The molecule has 5 N–H and O–H groups in total. The number of halogens is 1. The van der Waals surface area contributed by atoms with E-state index < -0.39 is 17.5 Å². The van der Waals surface area contributed by atoms with Crippen molar-refractivity contribution in [2.75, 3.05) is 32.8 Å². The Balaban J connectivity index is 0.000000890. The topological polar surface area (TPSA) is 146 Å². The van der Waals surface area contributed by atoms with Crippen LogP contribution in [-0.2, 0) is 11.2 Å². The van der Waals surface area contributed by atoms with Gasteiger partial charge >= 0.3 is 0 Å². The lowest BCUT2D eigenvalue weighted by atomic mass is 9.73. The zero-order valence-corrected chi connectivity index (χ0v) is 18.5. The predicted molar refractivity (Wildman–Crippen MR) is 118 cm³/mol. The molecule has 1 saturated heterocycles. The molecule has 0 bridgehead atoms. The van der Waals surface area contributed by atoms with Crippen LogP contribution in [0.4, 0.5) is 4.39 Å². The molecule has 1 aliphatic heterocycles. The van der Waals surface area contributed by atoms with Crippen molar-refractivity contribution < 1.29 is 34.0 Å². The molecule has 0 spiro atoms. The smallest absolute Gasteiger partial charge is 0.300 e. The average molecular weight is 464 g/mol. The van der Waals surface area contributed by atoms with Crippen molar-refractivity contribution in [3.05, 3.63) is 59.7 Å². The van der Waals surface area contributed by atoms with Crippen LogP contribution < -0.4 is 10.5 Å². The average Bonchev–Trinajstić information content (AvgIpc) is 2.80. The van der Waals surface area contributed by atoms with Gasteiger partial charge in [-0.1, -0.05) is 12.1 Å². The van der Waals surface area contributed by atoms with E-state index in [0.29, 0.717) is 31.7 Å². The van der Waals surface area contributed by atoms with Crippen molar-refractivity contribution in [2.45, 2.75) is 25.9 Å². The summed E-state index contributed by atoms with van der Waals surface area (Å²) in [4.78, 5) is 27.9. The number of benzene rings is 1. The normalized spacial score (nSPS) is 19.9. The molecule has 3 rings (SSSR count). The highest BCUT2D eigenvalue weighted by Gasteiger charge is 2.44. The lowest BCUT2D eigenvalue weighted by Crippen LogP contribution is -2.56. The Morgan fingerprint density at radius 1 is 1.30 bits per heavy atom. The highest BCUT2D eigenvalue weighted by atomic mass is 19.1.